The first-order chi connectivity index (χ1) is 18.6. The predicted molar refractivity (Wildman–Crippen MR) is 137 cm³/mol. The molecule has 0 fully saturated rings. The van der Waals surface area contributed by atoms with Crippen LogP contribution in [0.5, 0.6) is 17.2 Å². The Hall–Kier alpha value is -4.57. The van der Waals surface area contributed by atoms with Crippen molar-refractivity contribution >= 4 is 11.6 Å². The van der Waals surface area contributed by atoms with Gasteiger partial charge in [0.15, 0.2) is 11.6 Å². The molecular formula is C28H24FN5O4. The van der Waals surface area contributed by atoms with Gasteiger partial charge in [0, 0.05) is 24.8 Å². The number of halogens is 1. The molecule has 0 saturated heterocycles. The molecule has 1 amide bonds. The molecule has 4 aromatic rings. The van der Waals surface area contributed by atoms with Crippen molar-refractivity contribution in [3.05, 3.63) is 83.9 Å². The van der Waals surface area contributed by atoms with Gasteiger partial charge in [-0.2, -0.15) is 5.10 Å². The van der Waals surface area contributed by atoms with Gasteiger partial charge >= 0.3 is 0 Å². The number of carbonyl (C=O) groups excluding carboxylic acids is 1. The molecule has 0 saturated carbocycles. The Balaban J connectivity index is 1.36. The molecule has 0 atom stereocenters. The van der Waals surface area contributed by atoms with Gasteiger partial charge in [-0.25, -0.2) is 19.1 Å². The Bertz CT molecular complexity index is 1520. The van der Waals surface area contributed by atoms with Crippen LogP contribution in [0.1, 0.15) is 24.2 Å². The largest absolute Gasteiger partial charge is 0.493 e. The van der Waals surface area contributed by atoms with E-state index in [1.54, 1.807) is 28.9 Å². The van der Waals surface area contributed by atoms with Gasteiger partial charge in [0.25, 0.3) is 0 Å². The van der Waals surface area contributed by atoms with E-state index in [4.69, 9.17) is 19.6 Å². The molecule has 0 unspecified atom stereocenters. The minimum atomic E-state index is -0.326. The van der Waals surface area contributed by atoms with Gasteiger partial charge in [-0.15, -0.1) is 5.10 Å². The van der Waals surface area contributed by atoms with Crippen LogP contribution in [0, 0.1) is 5.82 Å². The summed E-state index contributed by atoms with van der Waals surface area (Å²) in [5.74, 6) is 2.53. The molecule has 0 bridgehead atoms. The van der Waals surface area contributed by atoms with E-state index >= 15 is 0 Å². The van der Waals surface area contributed by atoms with Crippen LogP contribution in [0.15, 0.2) is 71.8 Å². The summed E-state index contributed by atoms with van der Waals surface area (Å²) in [6, 6.07) is 19.0. The maximum atomic E-state index is 13.2. The van der Waals surface area contributed by atoms with E-state index in [9.17, 15) is 14.3 Å². The molecule has 9 nitrogen and oxygen atoms in total. The Labute approximate surface area is 217 Å². The molecule has 1 aromatic heterocycles. The zero-order valence-electron chi connectivity index (χ0n) is 20.4. The van der Waals surface area contributed by atoms with Gasteiger partial charge in [-0.05, 0) is 72.3 Å². The highest BCUT2D eigenvalue weighted by atomic mass is 19.1. The molecule has 1 N–H and O–H groups in total. The standard InChI is InChI=1S/C28H24FN5O4/c29-20-3-8-23(9-4-20)38-22-6-1-18(2-7-22)27-30-28(24-10-12-26(36)33(31-24)14-15-35)34(32-27)21-5-11-25-19(17-21)13-16-37-25/h1-9,11,17,35H,10,12-16H2. The Morgan fingerprint density at radius 2 is 1.74 bits per heavy atom. The number of aromatic nitrogens is 3. The monoisotopic (exact) mass is 513 g/mol. The maximum Gasteiger partial charge on any atom is 0.243 e. The average molecular weight is 514 g/mol. The lowest BCUT2D eigenvalue weighted by atomic mass is 10.1. The lowest BCUT2D eigenvalue weighted by Crippen LogP contribution is -2.34. The van der Waals surface area contributed by atoms with Crippen molar-refractivity contribution in [2.45, 2.75) is 19.3 Å². The summed E-state index contributed by atoms with van der Waals surface area (Å²) >= 11 is 0. The van der Waals surface area contributed by atoms with Crippen LogP contribution in [0.25, 0.3) is 17.1 Å². The molecule has 6 rings (SSSR count). The number of nitrogens with zero attached hydrogens (tertiary/aromatic N) is 5. The lowest BCUT2D eigenvalue weighted by Gasteiger charge is -2.22. The summed E-state index contributed by atoms with van der Waals surface area (Å²) in [7, 11) is 0. The third-order valence-electron chi connectivity index (χ3n) is 6.36. The van der Waals surface area contributed by atoms with E-state index in [-0.39, 0.29) is 31.3 Å². The normalized spacial score (nSPS) is 14.7. The molecule has 0 spiro atoms. The smallest absolute Gasteiger partial charge is 0.243 e. The molecule has 10 heteroatoms. The fourth-order valence-corrected chi connectivity index (χ4v) is 4.45. The molecule has 38 heavy (non-hydrogen) atoms. The first kappa shape index (κ1) is 23.8. The number of hydrogen-bond donors (Lipinski definition) is 1. The molecule has 192 valence electrons. The number of β-amino-alcohol motifs (C(OH)–C–C–N with tert-alkyl or cyclic N) is 1. The highest BCUT2D eigenvalue weighted by Crippen LogP contribution is 2.30. The van der Waals surface area contributed by atoms with Crippen molar-refractivity contribution in [2.24, 2.45) is 5.10 Å². The second-order valence-corrected chi connectivity index (χ2v) is 8.93. The predicted octanol–water partition coefficient (Wildman–Crippen LogP) is 4.12. The summed E-state index contributed by atoms with van der Waals surface area (Å²) in [6.45, 7) is 0.582. The summed E-state index contributed by atoms with van der Waals surface area (Å²) < 4.78 is 26.4. The zero-order valence-corrected chi connectivity index (χ0v) is 20.4. The van der Waals surface area contributed by atoms with Crippen molar-refractivity contribution in [3.8, 4) is 34.3 Å². The maximum absolute atomic E-state index is 13.2. The average Bonchev–Trinajstić information content (AvgIpc) is 3.59. The van der Waals surface area contributed by atoms with Gasteiger partial charge in [-0.3, -0.25) is 4.79 Å². The van der Waals surface area contributed by atoms with Crippen LogP contribution in [-0.2, 0) is 11.2 Å². The van der Waals surface area contributed by atoms with E-state index < -0.39 is 0 Å². The number of rotatable bonds is 7. The van der Waals surface area contributed by atoms with Gasteiger partial charge in [0.1, 0.15) is 28.8 Å². The first-order valence-electron chi connectivity index (χ1n) is 12.3. The van der Waals surface area contributed by atoms with Crippen LogP contribution >= 0.6 is 0 Å². The quantitative estimate of drug-likeness (QED) is 0.399. The third-order valence-corrected chi connectivity index (χ3v) is 6.36. The van der Waals surface area contributed by atoms with Crippen LogP contribution < -0.4 is 9.47 Å². The summed E-state index contributed by atoms with van der Waals surface area (Å²) in [6.07, 6.45) is 1.50. The van der Waals surface area contributed by atoms with Crippen molar-refractivity contribution < 1.29 is 23.8 Å². The fraction of sp³-hybridized carbons (Fsp3) is 0.214. The van der Waals surface area contributed by atoms with Crippen molar-refractivity contribution in [1.82, 2.24) is 19.8 Å². The number of benzene rings is 3. The fourth-order valence-electron chi connectivity index (χ4n) is 4.45. The first-order valence-corrected chi connectivity index (χ1v) is 12.3. The second-order valence-electron chi connectivity index (χ2n) is 8.93. The van der Waals surface area contributed by atoms with Crippen LogP contribution in [0.4, 0.5) is 4.39 Å². The van der Waals surface area contributed by atoms with E-state index in [0.29, 0.717) is 41.9 Å². The summed E-state index contributed by atoms with van der Waals surface area (Å²) in [4.78, 5) is 17.1. The summed E-state index contributed by atoms with van der Waals surface area (Å²) in [5, 5.41) is 20.0. The van der Waals surface area contributed by atoms with E-state index in [0.717, 1.165) is 29.0 Å². The molecule has 3 aromatic carbocycles. The number of carbonyl (C=O) groups is 1. The minimum absolute atomic E-state index is 0.120. The molecule has 3 heterocycles. The molecule has 2 aliphatic heterocycles. The van der Waals surface area contributed by atoms with E-state index in [1.165, 1.54) is 17.1 Å². The minimum Gasteiger partial charge on any atom is -0.493 e. The number of aliphatic hydroxyl groups excluding tert-OH is 1. The van der Waals surface area contributed by atoms with Crippen LogP contribution in [0.3, 0.4) is 0 Å². The van der Waals surface area contributed by atoms with Crippen LogP contribution in [0.2, 0.25) is 0 Å². The van der Waals surface area contributed by atoms with Gasteiger partial charge < -0.3 is 14.6 Å². The van der Waals surface area contributed by atoms with Crippen molar-refractivity contribution in [3.63, 3.8) is 0 Å². The number of aliphatic hydroxyl groups is 1. The lowest BCUT2D eigenvalue weighted by molar-refractivity contribution is -0.132. The second kappa shape index (κ2) is 10.1. The van der Waals surface area contributed by atoms with Crippen LogP contribution in [-0.4, -0.2) is 56.3 Å². The topological polar surface area (TPSA) is 102 Å². The van der Waals surface area contributed by atoms with E-state index in [2.05, 4.69) is 5.10 Å². The number of ether oxygens (including phenoxy) is 2. The number of fused-ring (bicyclic) bond motifs is 1. The summed E-state index contributed by atoms with van der Waals surface area (Å²) in [5.41, 5.74) is 3.29. The molecular weight excluding hydrogens is 489 g/mol. The number of hydrazone groups is 1. The van der Waals surface area contributed by atoms with Gasteiger partial charge in [-0.1, -0.05) is 0 Å². The van der Waals surface area contributed by atoms with E-state index in [1.807, 2.05) is 30.3 Å². The number of amides is 1. The molecule has 0 radical (unpaired) electrons. The third kappa shape index (κ3) is 4.73. The SMILES string of the molecule is O=C1CCC(c2nc(-c3ccc(Oc4ccc(F)cc4)cc3)nn2-c2ccc3c(c2)CCO3)=NN1CCO. The Kier molecular flexibility index (Phi) is 6.30. The Morgan fingerprint density at radius 1 is 0.974 bits per heavy atom. The molecule has 2 aliphatic rings. The van der Waals surface area contributed by atoms with Gasteiger partial charge in [0.2, 0.25) is 5.91 Å². The van der Waals surface area contributed by atoms with Crippen molar-refractivity contribution in [2.75, 3.05) is 19.8 Å². The zero-order chi connectivity index (χ0) is 26.1. The Morgan fingerprint density at radius 3 is 2.50 bits per heavy atom. The van der Waals surface area contributed by atoms with Crippen molar-refractivity contribution in [1.29, 1.82) is 0 Å². The highest BCUT2D eigenvalue weighted by molar-refractivity contribution is 6.02. The molecule has 0 aliphatic carbocycles. The highest BCUT2D eigenvalue weighted by Gasteiger charge is 2.26. The van der Waals surface area contributed by atoms with Gasteiger partial charge in [0.05, 0.1) is 25.4 Å². The number of hydrogen-bond acceptors (Lipinski definition) is 7.